The number of alkyl halides is 3. The summed E-state index contributed by atoms with van der Waals surface area (Å²) in [5.74, 6) is -0.501. The lowest BCUT2D eigenvalue weighted by Crippen LogP contribution is -2.17. The Balaban J connectivity index is 1.95. The molecule has 3 aromatic rings. The number of ether oxygens (including phenoxy) is 2. The quantitative estimate of drug-likeness (QED) is 0.752. The summed E-state index contributed by atoms with van der Waals surface area (Å²) in [4.78, 5) is 6.83. The summed E-state index contributed by atoms with van der Waals surface area (Å²) in [6.45, 7) is 0.181. The topological polar surface area (TPSA) is 86.3 Å². The van der Waals surface area contributed by atoms with Crippen LogP contribution >= 0.6 is 0 Å². The molecular weight excluding hydrogens is 315 g/mol. The number of hydrogen-bond acceptors (Lipinski definition) is 5. The second-order valence-electron chi connectivity index (χ2n) is 4.70. The lowest BCUT2D eigenvalue weighted by Gasteiger charge is -2.14. The van der Waals surface area contributed by atoms with Gasteiger partial charge < -0.3 is 24.6 Å². The minimum Gasteiger partial charge on any atom is -0.483 e. The number of aromatic amines is 1. The first-order valence-corrected chi connectivity index (χ1v) is 6.56. The third-order valence-corrected chi connectivity index (χ3v) is 3.05. The highest BCUT2D eigenvalue weighted by molar-refractivity contribution is 5.84. The minimum absolute atomic E-state index is 0.0549. The van der Waals surface area contributed by atoms with Crippen molar-refractivity contribution in [3.8, 4) is 11.5 Å². The van der Waals surface area contributed by atoms with Crippen LogP contribution < -0.4 is 15.2 Å². The number of rotatable bonds is 5. The Kier molecular flexibility index (Phi) is 3.87. The van der Waals surface area contributed by atoms with Gasteiger partial charge in [0, 0.05) is 29.2 Å². The standard InChI is InChI=1S/C14H12F3N3O3/c15-14(16,17)23-13-2-8-1-9(4-18)20-11(8)3-12(13)22-6-10-5-21-7-19-10/h1-3,5,7,20H,4,6,18H2. The van der Waals surface area contributed by atoms with Gasteiger partial charge in [0.1, 0.15) is 18.6 Å². The van der Waals surface area contributed by atoms with Gasteiger partial charge in [-0.15, -0.1) is 13.2 Å². The van der Waals surface area contributed by atoms with Gasteiger partial charge >= 0.3 is 6.36 Å². The molecule has 1 aromatic carbocycles. The third-order valence-electron chi connectivity index (χ3n) is 3.05. The summed E-state index contributed by atoms with van der Waals surface area (Å²) < 4.78 is 51.9. The van der Waals surface area contributed by atoms with E-state index < -0.39 is 12.1 Å². The van der Waals surface area contributed by atoms with Crippen molar-refractivity contribution in [3.63, 3.8) is 0 Å². The normalized spacial score (nSPS) is 11.8. The van der Waals surface area contributed by atoms with Gasteiger partial charge in [-0.3, -0.25) is 0 Å². The highest BCUT2D eigenvalue weighted by Crippen LogP contribution is 2.36. The molecule has 2 heterocycles. The Morgan fingerprint density at radius 2 is 2.04 bits per heavy atom. The van der Waals surface area contributed by atoms with E-state index in [2.05, 4.69) is 14.7 Å². The zero-order valence-corrected chi connectivity index (χ0v) is 11.7. The van der Waals surface area contributed by atoms with Crippen LogP contribution in [0.5, 0.6) is 11.5 Å². The van der Waals surface area contributed by atoms with Crippen molar-refractivity contribution in [1.82, 2.24) is 9.97 Å². The number of nitrogens with zero attached hydrogens (tertiary/aromatic N) is 1. The van der Waals surface area contributed by atoms with Crippen LogP contribution in [0.15, 0.2) is 35.3 Å². The van der Waals surface area contributed by atoms with Gasteiger partial charge in [0.05, 0.1) is 0 Å². The second kappa shape index (κ2) is 5.84. The van der Waals surface area contributed by atoms with Crippen LogP contribution in [0.4, 0.5) is 13.2 Å². The first-order chi connectivity index (χ1) is 10.9. The van der Waals surface area contributed by atoms with Crippen molar-refractivity contribution >= 4 is 10.9 Å². The van der Waals surface area contributed by atoms with E-state index in [0.717, 1.165) is 0 Å². The molecule has 0 saturated carbocycles. The van der Waals surface area contributed by atoms with Gasteiger partial charge in [-0.2, -0.15) is 0 Å². The van der Waals surface area contributed by atoms with Gasteiger partial charge in [-0.25, -0.2) is 4.98 Å². The average Bonchev–Trinajstić information content (AvgIpc) is 3.11. The molecule has 3 N–H and O–H groups in total. The molecule has 0 atom stereocenters. The number of aromatic nitrogens is 2. The molecule has 3 rings (SSSR count). The van der Waals surface area contributed by atoms with E-state index in [-0.39, 0.29) is 18.9 Å². The van der Waals surface area contributed by atoms with E-state index in [1.165, 1.54) is 24.8 Å². The highest BCUT2D eigenvalue weighted by atomic mass is 19.4. The van der Waals surface area contributed by atoms with Crippen molar-refractivity contribution < 1.29 is 27.1 Å². The molecule has 0 aliphatic heterocycles. The minimum atomic E-state index is -4.83. The van der Waals surface area contributed by atoms with E-state index in [9.17, 15) is 13.2 Å². The zero-order valence-electron chi connectivity index (χ0n) is 11.7. The summed E-state index contributed by atoms with van der Waals surface area (Å²) in [5, 5.41) is 0.540. The van der Waals surface area contributed by atoms with Gasteiger partial charge in [-0.1, -0.05) is 0 Å². The maximum atomic E-state index is 12.6. The number of H-pyrrole nitrogens is 1. The first kappa shape index (κ1) is 15.2. The molecule has 0 fully saturated rings. The van der Waals surface area contributed by atoms with Crippen LogP contribution in [0.3, 0.4) is 0 Å². The van der Waals surface area contributed by atoms with Gasteiger partial charge in [0.2, 0.25) is 0 Å². The number of hydrogen-bond donors (Lipinski definition) is 2. The fourth-order valence-corrected chi connectivity index (χ4v) is 2.09. The molecule has 0 amide bonds. The van der Waals surface area contributed by atoms with E-state index in [1.54, 1.807) is 6.07 Å². The molecule has 0 spiro atoms. The number of halogens is 3. The Labute approximate surface area is 128 Å². The van der Waals surface area contributed by atoms with Crippen LogP contribution in [-0.4, -0.2) is 16.3 Å². The van der Waals surface area contributed by atoms with E-state index in [1.807, 2.05) is 0 Å². The Bertz CT molecular complexity index is 797. The average molecular weight is 327 g/mol. The van der Waals surface area contributed by atoms with Crippen molar-refractivity contribution in [2.75, 3.05) is 0 Å². The van der Waals surface area contributed by atoms with Crippen molar-refractivity contribution in [2.24, 2.45) is 5.73 Å². The van der Waals surface area contributed by atoms with Crippen molar-refractivity contribution in [3.05, 3.63) is 42.2 Å². The molecule has 6 nitrogen and oxygen atoms in total. The second-order valence-corrected chi connectivity index (χ2v) is 4.70. The monoisotopic (exact) mass is 327 g/mol. The molecule has 2 aromatic heterocycles. The van der Waals surface area contributed by atoms with Crippen LogP contribution in [-0.2, 0) is 13.2 Å². The molecule has 0 saturated heterocycles. The van der Waals surface area contributed by atoms with Crippen LogP contribution in [0, 0.1) is 0 Å². The smallest absolute Gasteiger partial charge is 0.483 e. The number of nitrogens with one attached hydrogen (secondary N) is 1. The summed E-state index contributed by atoms with van der Waals surface area (Å²) in [7, 11) is 0. The molecular formula is C14H12F3N3O3. The lowest BCUT2D eigenvalue weighted by molar-refractivity contribution is -0.275. The van der Waals surface area contributed by atoms with Crippen molar-refractivity contribution in [2.45, 2.75) is 19.5 Å². The largest absolute Gasteiger partial charge is 0.573 e. The SMILES string of the molecule is NCc1cc2cc(OC(F)(F)F)c(OCc3cocn3)cc2[nH]1. The van der Waals surface area contributed by atoms with Gasteiger partial charge in [0.15, 0.2) is 17.9 Å². The summed E-state index contributed by atoms with van der Waals surface area (Å²) in [6, 6.07) is 4.33. The molecule has 0 aliphatic rings. The van der Waals surface area contributed by atoms with E-state index in [0.29, 0.717) is 22.3 Å². The Hall–Kier alpha value is -2.68. The highest BCUT2D eigenvalue weighted by Gasteiger charge is 2.32. The molecule has 9 heteroatoms. The molecule has 0 radical (unpaired) electrons. The third kappa shape index (κ3) is 3.57. The zero-order chi connectivity index (χ0) is 16.4. The Morgan fingerprint density at radius 3 is 2.70 bits per heavy atom. The fourth-order valence-electron chi connectivity index (χ4n) is 2.09. The van der Waals surface area contributed by atoms with E-state index in [4.69, 9.17) is 14.9 Å². The number of benzene rings is 1. The van der Waals surface area contributed by atoms with Crippen LogP contribution in [0.25, 0.3) is 10.9 Å². The first-order valence-electron chi connectivity index (χ1n) is 6.56. The fraction of sp³-hybridized carbons (Fsp3) is 0.214. The lowest BCUT2D eigenvalue weighted by atomic mass is 10.2. The van der Waals surface area contributed by atoms with Gasteiger partial charge in [-0.05, 0) is 12.1 Å². The molecule has 23 heavy (non-hydrogen) atoms. The van der Waals surface area contributed by atoms with Crippen molar-refractivity contribution in [1.29, 1.82) is 0 Å². The van der Waals surface area contributed by atoms with Gasteiger partial charge in [0.25, 0.3) is 0 Å². The van der Waals surface area contributed by atoms with Crippen LogP contribution in [0.1, 0.15) is 11.4 Å². The maximum Gasteiger partial charge on any atom is 0.573 e. The molecule has 122 valence electrons. The Morgan fingerprint density at radius 1 is 1.22 bits per heavy atom. The predicted octanol–water partition coefficient (Wildman–Crippen LogP) is 3.09. The summed E-state index contributed by atoms with van der Waals surface area (Å²) in [6.07, 6.45) is -2.29. The van der Waals surface area contributed by atoms with E-state index >= 15 is 0 Å². The number of nitrogens with two attached hydrogens (primary N) is 1. The molecule has 0 aliphatic carbocycles. The predicted molar refractivity (Wildman–Crippen MR) is 73.7 cm³/mol. The summed E-state index contributed by atoms with van der Waals surface area (Å²) in [5.41, 5.74) is 7.24. The number of fused-ring (bicyclic) bond motifs is 1. The molecule has 0 bridgehead atoms. The van der Waals surface area contributed by atoms with Crippen LogP contribution in [0.2, 0.25) is 0 Å². The maximum absolute atomic E-state index is 12.6. The summed E-state index contributed by atoms with van der Waals surface area (Å²) >= 11 is 0. The molecule has 0 unspecified atom stereocenters. The number of oxazole rings is 1.